The fraction of sp³-hybridized carbons (Fsp3) is 0.767. The zero-order valence-corrected chi connectivity index (χ0v) is 54.5. The predicted octanol–water partition coefficient (Wildman–Crippen LogP) is 14.2. The molecule has 0 radical (unpaired) electrons. The molecule has 2 saturated heterocycles. The number of aliphatic hydroxyl groups is 8. The van der Waals surface area contributed by atoms with E-state index < -0.39 is 86.8 Å². The Hall–Kier alpha value is -3.09. The number of carbonyl (C=O) groups is 1. The van der Waals surface area contributed by atoms with Crippen LogP contribution in [0.3, 0.4) is 0 Å². The van der Waals surface area contributed by atoms with Gasteiger partial charge in [-0.1, -0.05) is 278 Å². The Morgan fingerprint density at radius 1 is 0.425 bits per heavy atom. The summed E-state index contributed by atoms with van der Waals surface area (Å²) in [7, 11) is 0. The zero-order chi connectivity index (χ0) is 63.1. The van der Waals surface area contributed by atoms with Crippen LogP contribution in [-0.2, 0) is 23.7 Å². The third-order valence-corrected chi connectivity index (χ3v) is 16.5. The van der Waals surface area contributed by atoms with Crippen molar-refractivity contribution in [3.63, 3.8) is 0 Å². The first-order valence-corrected chi connectivity index (χ1v) is 35.0. The minimum atomic E-state index is -1.80. The third kappa shape index (κ3) is 41.1. The number of aliphatic hydroxyl groups excluding tert-OH is 8. The zero-order valence-electron chi connectivity index (χ0n) is 54.5. The standard InChI is InChI=1S/C73H127NO13/c1-3-5-7-9-11-13-15-17-19-21-23-25-27-29-30-31-33-34-36-38-40-42-44-46-48-50-52-54-56-62(77)61(60-84-72-70(83)68(81)71(64(59-76)86-72)87-73-69(82)67(80)66(79)63(58-75)85-73)74-65(78)57-55-53-51-49-47-45-43-41-39-37-35-32-28-26-24-22-20-18-16-14-12-10-8-6-4-2/h6,8,12,14,18,20,24,26,32,35,39,41,45,47,54,56,61-64,66-73,75-77,79-83H,3-5,7,9-11,13,15-17,19,21-23,25,27-31,33-34,36-38,40,42-44,46,48-53,55,57-60H2,1-2H3,(H,74,78)/b8-6-,14-12-,20-18-,26-24-,35-32-,41-39-,47-45-,56-54+. The fourth-order valence-electron chi connectivity index (χ4n) is 11.0. The summed E-state index contributed by atoms with van der Waals surface area (Å²) in [6.07, 6.45) is 63.1. The van der Waals surface area contributed by atoms with E-state index in [0.717, 1.165) is 83.5 Å². The van der Waals surface area contributed by atoms with Crippen molar-refractivity contribution in [1.82, 2.24) is 5.32 Å². The summed E-state index contributed by atoms with van der Waals surface area (Å²) in [5.74, 6) is -0.272. The van der Waals surface area contributed by atoms with E-state index in [0.29, 0.717) is 6.42 Å². The lowest BCUT2D eigenvalue weighted by molar-refractivity contribution is -0.359. The van der Waals surface area contributed by atoms with Gasteiger partial charge in [0, 0.05) is 6.42 Å². The normalized spacial score (nSPS) is 23.9. The van der Waals surface area contributed by atoms with Gasteiger partial charge in [-0.2, -0.15) is 0 Å². The first kappa shape index (κ1) is 80.0. The van der Waals surface area contributed by atoms with Gasteiger partial charge in [0.15, 0.2) is 12.6 Å². The molecular weight excluding hydrogens is 1100 g/mol. The van der Waals surface area contributed by atoms with E-state index in [1.165, 1.54) is 154 Å². The number of hydrogen-bond donors (Lipinski definition) is 9. The summed E-state index contributed by atoms with van der Waals surface area (Å²) in [5, 5.41) is 87.4. The van der Waals surface area contributed by atoms with Crippen LogP contribution in [0.15, 0.2) is 97.2 Å². The number of carbonyl (C=O) groups excluding carboxylic acids is 1. The molecule has 9 N–H and O–H groups in total. The number of unbranched alkanes of at least 4 members (excludes halogenated alkanes) is 29. The van der Waals surface area contributed by atoms with Gasteiger partial charge in [-0.3, -0.25) is 4.79 Å². The van der Waals surface area contributed by atoms with Crippen molar-refractivity contribution >= 4 is 5.91 Å². The summed E-state index contributed by atoms with van der Waals surface area (Å²) < 4.78 is 22.8. The number of hydrogen-bond acceptors (Lipinski definition) is 13. The maximum Gasteiger partial charge on any atom is 0.220 e. The van der Waals surface area contributed by atoms with Gasteiger partial charge in [0.25, 0.3) is 0 Å². The first-order chi connectivity index (χ1) is 42.6. The summed E-state index contributed by atoms with van der Waals surface area (Å²) in [5.41, 5.74) is 0. The van der Waals surface area contributed by atoms with Crippen LogP contribution < -0.4 is 5.32 Å². The van der Waals surface area contributed by atoms with Crippen LogP contribution in [0.4, 0.5) is 0 Å². The van der Waals surface area contributed by atoms with Crippen LogP contribution in [0.25, 0.3) is 0 Å². The summed E-state index contributed by atoms with van der Waals surface area (Å²) in [6.45, 7) is 2.68. The molecule has 0 aromatic heterocycles. The molecule has 2 aliphatic heterocycles. The van der Waals surface area contributed by atoms with Crippen molar-refractivity contribution in [2.75, 3.05) is 19.8 Å². The molecule has 0 aromatic carbocycles. The van der Waals surface area contributed by atoms with Gasteiger partial charge >= 0.3 is 0 Å². The second-order valence-electron chi connectivity index (χ2n) is 24.3. The van der Waals surface area contributed by atoms with Crippen molar-refractivity contribution in [2.45, 2.75) is 338 Å². The SMILES string of the molecule is CC/C=C\C/C=C\C/C=C\C/C=C\C/C=C\C/C=C\C/C=C\CCCCCC(=O)NC(COC1OC(CO)C(OC2OC(CO)C(O)C(O)C2O)C(O)C1O)C(O)/C=C/CCCCCCCCCCCCCCCCCCCCCCCCCCCC. The first-order valence-electron chi connectivity index (χ1n) is 35.0. The number of rotatable bonds is 56. The van der Waals surface area contributed by atoms with Gasteiger partial charge in [0.2, 0.25) is 5.91 Å². The van der Waals surface area contributed by atoms with Crippen molar-refractivity contribution in [3.05, 3.63) is 97.2 Å². The van der Waals surface area contributed by atoms with Crippen LogP contribution >= 0.6 is 0 Å². The minimum absolute atomic E-state index is 0.236. The molecule has 0 spiro atoms. The predicted molar refractivity (Wildman–Crippen MR) is 355 cm³/mol. The van der Waals surface area contributed by atoms with E-state index in [4.69, 9.17) is 18.9 Å². The lowest BCUT2D eigenvalue weighted by Gasteiger charge is -2.46. The molecule has 14 heteroatoms. The topological polar surface area (TPSA) is 228 Å². The van der Waals surface area contributed by atoms with Gasteiger partial charge in [-0.05, 0) is 77.0 Å². The molecule has 0 aromatic rings. The highest BCUT2D eigenvalue weighted by atomic mass is 16.7. The molecule has 0 bridgehead atoms. The molecule has 14 nitrogen and oxygen atoms in total. The average molecular weight is 1230 g/mol. The highest BCUT2D eigenvalue weighted by Gasteiger charge is 2.51. The van der Waals surface area contributed by atoms with Gasteiger partial charge in [-0.25, -0.2) is 0 Å². The quantitative estimate of drug-likeness (QED) is 0.0204. The Bertz CT molecular complexity index is 1830. The number of allylic oxidation sites excluding steroid dienone is 15. The van der Waals surface area contributed by atoms with E-state index in [1.54, 1.807) is 6.08 Å². The Morgan fingerprint density at radius 2 is 0.793 bits per heavy atom. The maximum absolute atomic E-state index is 13.3. The molecule has 1 amide bonds. The Labute approximate surface area is 528 Å². The molecule has 2 aliphatic rings. The second-order valence-corrected chi connectivity index (χ2v) is 24.3. The van der Waals surface area contributed by atoms with Crippen LogP contribution in [0.5, 0.6) is 0 Å². The monoisotopic (exact) mass is 1230 g/mol. The molecule has 0 saturated carbocycles. The van der Waals surface area contributed by atoms with Crippen LogP contribution in [0, 0.1) is 0 Å². The van der Waals surface area contributed by atoms with Gasteiger partial charge in [0.05, 0.1) is 32.0 Å². The lowest BCUT2D eigenvalue weighted by Crippen LogP contribution is -2.65. The summed E-state index contributed by atoms with van der Waals surface area (Å²) in [4.78, 5) is 13.3. The second kappa shape index (κ2) is 56.9. The maximum atomic E-state index is 13.3. The molecule has 0 aliphatic carbocycles. The Balaban J connectivity index is 1.72. The molecule has 2 rings (SSSR count). The smallest absolute Gasteiger partial charge is 0.220 e. The Kier molecular flexibility index (Phi) is 52.3. The fourth-order valence-corrected chi connectivity index (χ4v) is 11.0. The van der Waals surface area contributed by atoms with E-state index in [1.807, 2.05) is 6.08 Å². The van der Waals surface area contributed by atoms with Crippen molar-refractivity contribution < 1.29 is 64.6 Å². The largest absolute Gasteiger partial charge is 0.394 e. The van der Waals surface area contributed by atoms with Gasteiger partial charge in [0.1, 0.15) is 48.8 Å². The summed E-state index contributed by atoms with van der Waals surface area (Å²) >= 11 is 0. The molecule has 12 atom stereocenters. The van der Waals surface area contributed by atoms with Crippen LogP contribution in [0.2, 0.25) is 0 Å². The van der Waals surface area contributed by atoms with Crippen molar-refractivity contribution in [3.8, 4) is 0 Å². The highest BCUT2D eigenvalue weighted by Crippen LogP contribution is 2.30. The third-order valence-electron chi connectivity index (χ3n) is 16.5. The number of amides is 1. The summed E-state index contributed by atoms with van der Waals surface area (Å²) in [6, 6.07) is -0.941. The van der Waals surface area contributed by atoms with E-state index >= 15 is 0 Å². The highest BCUT2D eigenvalue weighted by molar-refractivity contribution is 5.76. The van der Waals surface area contributed by atoms with Crippen molar-refractivity contribution in [2.24, 2.45) is 0 Å². The van der Waals surface area contributed by atoms with Crippen LogP contribution in [-0.4, -0.2) is 140 Å². The average Bonchev–Trinajstić information content (AvgIpc) is 2.50. The van der Waals surface area contributed by atoms with Gasteiger partial charge < -0.3 is 65.1 Å². The number of ether oxygens (including phenoxy) is 4. The van der Waals surface area contributed by atoms with Crippen molar-refractivity contribution in [1.29, 1.82) is 0 Å². The van der Waals surface area contributed by atoms with Gasteiger partial charge in [-0.15, -0.1) is 0 Å². The molecule has 502 valence electrons. The molecule has 12 unspecified atom stereocenters. The molecule has 2 fully saturated rings. The molecular formula is C73H127NO13. The lowest BCUT2D eigenvalue weighted by atomic mass is 9.97. The van der Waals surface area contributed by atoms with E-state index in [9.17, 15) is 45.6 Å². The Morgan fingerprint density at radius 3 is 1.22 bits per heavy atom. The minimum Gasteiger partial charge on any atom is -0.394 e. The van der Waals surface area contributed by atoms with Crippen LogP contribution in [0.1, 0.15) is 264 Å². The molecule has 2 heterocycles. The van der Waals surface area contributed by atoms with E-state index in [-0.39, 0.29) is 18.9 Å². The van der Waals surface area contributed by atoms with E-state index in [2.05, 4.69) is 104 Å². The number of nitrogens with one attached hydrogen (secondary N) is 1. The molecule has 87 heavy (non-hydrogen) atoms.